The highest BCUT2D eigenvalue weighted by Crippen LogP contribution is 2.12. The summed E-state index contributed by atoms with van der Waals surface area (Å²) in [7, 11) is 2.11. The molecule has 0 aromatic rings. The molecule has 1 heterocycles. The van der Waals surface area contributed by atoms with Crippen molar-refractivity contribution in [2.24, 2.45) is 11.7 Å². The van der Waals surface area contributed by atoms with E-state index >= 15 is 0 Å². The van der Waals surface area contributed by atoms with E-state index in [9.17, 15) is 0 Å². The average molecular weight is 216 g/mol. The third-order valence-corrected chi connectivity index (χ3v) is 2.72. The summed E-state index contributed by atoms with van der Waals surface area (Å²) in [5.41, 5.74) is 5.92. The first-order valence-corrected chi connectivity index (χ1v) is 5.73. The Bertz CT molecular complexity index is 176. The molecule has 0 saturated carbocycles. The van der Waals surface area contributed by atoms with Crippen LogP contribution in [0.1, 0.15) is 13.8 Å². The van der Waals surface area contributed by atoms with Gasteiger partial charge in [-0.15, -0.1) is 0 Å². The predicted molar refractivity (Wildman–Crippen MR) is 60.9 cm³/mol. The molecule has 1 aliphatic heterocycles. The monoisotopic (exact) mass is 216 g/mol. The molecule has 2 N–H and O–H groups in total. The van der Waals surface area contributed by atoms with E-state index in [0.29, 0.717) is 18.6 Å². The molecule has 90 valence electrons. The summed E-state index contributed by atoms with van der Waals surface area (Å²) in [6.45, 7) is 8.37. The van der Waals surface area contributed by atoms with Crippen LogP contribution in [0.15, 0.2) is 0 Å². The van der Waals surface area contributed by atoms with Gasteiger partial charge in [0.1, 0.15) is 0 Å². The molecule has 4 heteroatoms. The van der Waals surface area contributed by atoms with Crippen LogP contribution >= 0.6 is 0 Å². The van der Waals surface area contributed by atoms with Gasteiger partial charge in [0.25, 0.3) is 0 Å². The van der Waals surface area contributed by atoms with Crippen molar-refractivity contribution in [1.82, 2.24) is 4.90 Å². The number of nitrogens with zero attached hydrogens (tertiary/aromatic N) is 1. The van der Waals surface area contributed by atoms with E-state index in [1.165, 1.54) is 0 Å². The predicted octanol–water partition coefficient (Wildman–Crippen LogP) is 0.317. The van der Waals surface area contributed by atoms with Gasteiger partial charge in [0, 0.05) is 25.0 Å². The molecular formula is C11H24N2O2. The second kappa shape index (κ2) is 6.43. The highest BCUT2D eigenvalue weighted by Gasteiger charge is 2.25. The van der Waals surface area contributed by atoms with E-state index in [-0.39, 0.29) is 6.04 Å². The van der Waals surface area contributed by atoms with Gasteiger partial charge in [-0.2, -0.15) is 0 Å². The molecule has 1 rings (SSSR count). The zero-order valence-electron chi connectivity index (χ0n) is 10.1. The van der Waals surface area contributed by atoms with Crippen molar-refractivity contribution in [3.8, 4) is 0 Å². The second-order valence-corrected chi connectivity index (χ2v) is 4.64. The molecule has 1 aliphatic rings. The molecular weight excluding hydrogens is 192 g/mol. The van der Waals surface area contributed by atoms with E-state index < -0.39 is 0 Å². The number of likely N-dealkylation sites (N-methyl/N-ethyl adjacent to an activating group) is 1. The van der Waals surface area contributed by atoms with Crippen LogP contribution in [0.4, 0.5) is 0 Å². The number of rotatable bonds is 6. The van der Waals surface area contributed by atoms with Crippen molar-refractivity contribution in [3.63, 3.8) is 0 Å². The van der Waals surface area contributed by atoms with Crippen LogP contribution in [-0.2, 0) is 9.47 Å². The maximum absolute atomic E-state index is 5.92. The highest BCUT2D eigenvalue weighted by molar-refractivity contribution is 4.79. The summed E-state index contributed by atoms with van der Waals surface area (Å²) in [6, 6.07) is 0.207. The molecule has 15 heavy (non-hydrogen) atoms. The van der Waals surface area contributed by atoms with Crippen LogP contribution in [0, 0.1) is 5.92 Å². The molecule has 0 aromatic heterocycles. The van der Waals surface area contributed by atoms with E-state index in [1.54, 1.807) is 0 Å². The fourth-order valence-electron chi connectivity index (χ4n) is 1.74. The first-order valence-electron chi connectivity index (χ1n) is 5.73. The minimum Gasteiger partial charge on any atom is -0.379 e. The van der Waals surface area contributed by atoms with E-state index in [0.717, 1.165) is 26.3 Å². The maximum atomic E-state index is 5.92. The molecule has 0 bridgehead atoms. The van der Waals surface area contributed by atoms with Crippen LogP contribution in [0.25, 0.3) is 0 Å². The van der Waals surface area contributed by atoms with Crippen molar-refractivity contribution >= 4 is 0 Å². The lowest BCUT2D eigenvalue weighted by Crippen LogP contribution is -2.38. The van der Waals surface area contributed by atoms with Crippen LogP contribution in [0.3, 0.4) is 0 Å². The van der Waals surface area contributed by atoms with Gasteiger partial charge >= 0.3 is 0 Å². The van der Waals surface area contributed by atoms with Crippen molar-refractivity contribution in [2.45, 2.75) is 26.0 Å². The Kier molecular flexibility index (Phi) is 5.53. The lowest BCUT2D eigenvalue weighted by Gasteiger charge is -2.22. The molecule has 0 radical (unpaired) electrons. The van der Waals surface area contributed by atoms with Crippen molar-refractivity contribution in [2.75, 3.05) is 40.0 Å². The minimum atomic E-state index is 0.207. The van der Waals surface area contributed by atoms with E-state index in [1.807, 2.05) is 0 Å². The summed E-state index contributed by atoms with van der Waals surface area (Å²) in [4.78, 5) is 2.27. The molecule has 1 fully saturated rings. The molecule has 0 amide bonds. The van der Waals surface area contributed by atoms with Gasteiger partial charge in [-0.1, -0.05) is 0 Å². The molecule has 2 unspecified atom stereocenters. The number of hydrogen-bond acceptors (Lipinski definition) is 4. The molecule has 1 saturated heterocycles. The zero-order valence-corrected chi connectivity index (χ0v) is 10.1. The zero-order chi connectivity index (χ0) is 11.3. The summed E-state index contributed by atoms with van der Waals surface area (Å²) in [5.74, 6) is 0.481. The maximum Gasteiger partial charge on any atom is 0.0621 e. The van der Waals surface area contributed by atoms with Crippen LogP contribution < -0.4 is 5.73 Å². The Morgan fingerprint density at radius 1 is 1.47 bits per heavy atom. The number of ether oxygens (including phenoxy) is 2. The smallest absolute Gasteiger partial charge is 0.0621 e. The third-order valence-electron chi connectivity index (χ3n) is 2.72. The average Bonchev–Trinajstić information content (AvgIpc) is 2.51. The summed E-state index contributed by atoms with van der Waals surface area (Å²) in [6.07, 6.45) is 0.315. The highest BCUT2D eigenvalue weighted by atomic mass is 16.5. The lowest BCUT2D eigenvalue weighted by molar-refractivity contribution is 0.0603. The fourth-order valence-corrected chi connectivity index (χ4v) is 1.74. The topological polar surface area (TPSA) is 47.7 Å². The number of nitrogens with two attached hydrogens (primary N) is 1. The Morgan fingerprint density at radius 3 is 2.73 bits per heavy atom. The van der Waals surface area contributed by atoms with Gasteiger partial charge in [-0.3, -0.25) is 0 Å². The normalized spacial score (nSPS) is 26.8. The van der Waals surface area contributed by atoms with Gasteiger partial charge in [-0.25, -0.2) is 0 Å². The Balaban J connectivity index is 2.09. The molecule has 0 aliphatic carbocycles. The summed E-state index contributed by atoms with van der Waals surface area (Å²) < 4.78 is 10.8. The van der Waals surface area contributed by atoms with Crippen molar-refractivity contribution in [3.05, 3.63) is 0 Å². The molecule has 2 atom stereocenters. The summed E-state index contributed by atoms with van der Waals surface area (Å²) in [5, 5.41) is 0. The minimum absolute atomic E-state index is 0.207. The Morgan fingerprint density at radius 2 is 2.20 bits per heavy atom. The first kappa shape index (κ1) is 12.9. The lowest BCUT2D eigenvalue weighted by atomic mass is 10.0. The van der Waals surface area contributed by atoms with Gasteiger partial charge in [0.15, 0.2) is 0 Å². The fraction of sp³-hybridized carbons (Fsp3) is 1.00. The van der Waals surface area contributed by atoms with E-state index in [4.69, 9.17) is 15.2 Å². The second-order valence-electron chi connectivity index (χ2n) is 4.64. The molecule has 4 nitrogen and oxygen atoms in total. The van der Waals surface area contributed by atoms with Gasteiger partial charge in [-0.05, 0) is 20.9 Å². The summed E-state index contributed by atoms with van der Waals surface area (Å²) >= 11 is 0. The number of hydrogen-bond donors (Lipinski definition) is 1. The van der Waals surface area contributed by atoms with Gasteiger partial charge in [0.2, 0.25) is 0 Å². The standard InChI is InChI=1S/C11H24N2O2/c1-9(2)15-5-4-13(3)6-10-7-14-8-11(10)12/h9-11H,4-8,12H2,1-3H3. The third kappa shape index (κ3) is 4.93. The van der Waals surface area contributed by atoms with Gasteiger partial charge in [0.05, 0.1) is 25.9 Å². The van der Waals surface area contributed by atoms with Crippen LogP contribution in [0.5, 0.6) is 0 Å². The first-order chi connectivity index (χ1) is 7.09. The SMILES string of the molecule is CC(C)OCCN(C)CC1COCC1N. The largest absolute Gasteiger partial charge is 0.379 e. The van der Waals surface area contributed by atoms with Crippen LogP contribution in [0.2, 0.25) is 0 Å². The van der Waals surface area contributed by atoms with Crippen molar-refractivity contribution < 1.29 is 9.47 Å². The Hall–Kier alpha value is -0.160. The Labute approximate surface area is 92.7 Å². The van der Waals surface area contributed by atoms with Crippen molar-refractivity contribution in [1.29, 1.82) is 0 Å². The van der Waals surface area contributed by atoms with Gasteiger partial charge < -0.3 is 20.1 Å². The van der Waals surface area contributed by atoms with Crippen LogP contribution in [-0.4, -0.2) is 57.0 Å². The molecule has 0 aromatic carbocycles. The molecule has 0 spiro atoms. The van der Waals surface area contributed by atoms with E-state index in [2.05, 4.69) is 25.8 Å². The quantitative estimate of drug-likeness (QED) is 0.694.